The number of furan rings is 1. The number of anilines is 1. The standard InChI is InChI=1S/C16H16N2O2/c1-11-5-7-13(4-3-9-17)10-14(11)18-16(19)15-8-6-12(2)20-15/h5-8,10H,9,17H2,1-2H3,(H,18,19). The first-order valence-corrected chi connectivity index (χ1v) is 6.27. The van der Waals surface area contributed by atoms with Crippen LogP contribution in [0.3, 0.4) is 0 Å². The average Bonchev–Trinajstić information content (AvgIpc) is 2.86. The molecular formula is C16H16N2O2. The first-order valence-electron chi connectivity index (χ1n) is 6.27. The number of benzene rings is 1. The zero-order valence-corrected chi connectivity index (χ0v) is 11.5. The smallest absolute Gasteiger partial charge is 0.291 e. The number of aryl methyl sites for hydroxylation is 2. The van der Waals surface area contributed by atoms with Crippen molar-refractivity contribution in [3.63, 3.8) is 0 Å². The lowest BCUT2D eigenvalue weighted by Gasteiger charge is -2.07. The number of carbonyl (C=O) groups excluding carboxylic acids is 1. The van der Waals surface area contributed by atoms with Crippen LogP contribution in [0.25, 0.3) is 0 Å². The largest absolute Gasteiger partial charge is 0.456 e. The van der Waals surface area contributed by atoms with E-state index in [1.165, 1.54) is 0 Å². The van der Waals surface area contributed by atoms with Crippen LogP contribution in [0, 0.1) is 25.7 Å². The molecule has 0 aliphatic rings. The van der Waals surface area contributed by atoms with Gasteiger partial charge in [-0.2, -0.15) is 0 Å². The molecule has 20 heavy (non-hydrogen) atoms. The Morgan fingerprint density at radius 3 is 2.75 bits per heavy atom. The van der Waals surface area contributed by atoms with Crippen molar-refractivity contribution in [1.82, 2.24) is 0 Å². The second kappa shape index (κ2) is 6.09. The Balaban J connectivity index is 2.22. The van der Waals surface area contributed by atoms with Crippen LogP contribution in [0.15, 0.2) is 34.7 Å². The van der Waals surface area contributed by atoms with Gasteiger partial charge in [0.15, 0.2) is 5.76 Å². The van der Waals surface area contributed by atoms with Gasteiger partial charge in [-0.3, -0.25) is 4.79 Å². The molecule has 2 aromatic rings. The summed E-state index contributed by atoms with van der Waals surface area (Å²) in [6.45, 7) is 4.02. The van der Waals surface area contributed by atoms with Crippen molar-refractivity contribution in [2.24, 2.45) is 5.73 Å². The van der Waals surface area contributed by atoms with Crippen molar-refractivity contribution in [2.75, 3.05) is 11.9 Å². The highest BCUT2D eigenvalue weighted by atomic mass is 16.3. The molecule has 0 saturated heterocycles. The molecule has 0 radical (unpaired) electrons. The molecule has 4 heteroatoms. The van der Waals surface area contributed by atoms with Gasteiger partial charge in [-0.1, -0.05) is 17.9 Å². The molecule has 4 nitrogen and oxygen atoms in total. The van der Waals surface area contributed by atoms with E-state index in [1.54, 1.807) is 19.1 Å². The van der Waals surface area contributed by atoms with Gasteiger partial charge in [0, 0.05) is 11.3 Å². The van der Waals surface area contributed by atoms with Gasteiger partial charge in [-0.05, 0) is 43.7 Å². The summed E-state index contributed by atoms with van der Waals surface area (Å²) in [5.74, 6) is 6.45. The zero-order valence-electron chi connectivity index (χ0n) is 11.5. The van der Waals surface area contributed by atoms with E-state index in [4.69, 9.17) is 10.2 Å². The number of rotatable bonds is 2. The van der Waals surface area contributed by atoms with Crippen LogP contribution >= 0.6 is 0 Å². The van der Waals surface area contributed by atoms with E-state index in [2.05, 4.69) is 17.2 Å². The zero-order chi connectivity index (χ0) is 14.5. The highest BCUT2D eigenvalue weighted by molar-refractivity contribution is 6.02. The number of nitrogens with one attached hydrogen (secondary N) is 1. The first kappa shape index (κ1) is 13.9. The molecule has 0 spiro atoms. The Morgan fingerprint density at radius 2 is 2.10 bits per heavy atom. The van der Waals surface area contributed by atoms with E-state index in [0.29, 0.717) is 23.8 Å². The maximum Gasteiger partial charge on any atom is 0.291 e. The van der Waals surface area contributed by atoms with Gasteiger partial charge in [0.1, 0.15) is 5.76 Å². The van der Waals surface area contributed by atoms with Gasteiger partial charge in [-0.15, -0.1) is 0 Å². The summed E-state index contributed by atoms with van der Waals surface area (Å²) in [6.07, 6.45) is 0. The summed E-state index contributed by atoms with van der Waals surface area (Å²) in [4.78, 5) is 12.0. The molecule has 0 aliphatic heterocycles. The van der Waals surface area contributed by atoms with Crippen LogP contribution in [-0.2, 0) is 0 Å². The second-order valence-electron chi connectivity index (χ2n) is 4.40. The van der Waals surface area contributed by atoms with Gasteiger partial charge in [0.05, 0.1) is 6.54 Å². The number of amides is 1. The number of hydrogen-bond donors (Lipinski definition) is 2. The van der Waals surface area contributed by atoms with Crippen molar-refractivity contribution >= 4 is 11.6 Å². The van der Waals surface area contributed by atoms with E-state index in [1.807, 2.05) is 25.1 Å². The molecule has 0 bridgehead atoms. The minimum atomic E-state index is -0.273. The fourth-order valence-corrected chi connectivity index (χ4v) is 1.73. The number of nitrogens with two attached hydrogens (primary N) is 1. The highest BCUT2D eigenvalue weighted by Crippen LogP contribution is 2.18. The average molecular weight is 268 g/mol. The Bertz CT molecular complexity index is 690. The lowest BCUT2D eigenvalue weighted by molar-refractivity contribution is 0.0995. The molecule has 0 atom stereocenters. The van der Waals surface area contributed by atoms with Crippen molar-refractivity contribution < 1.29 is 9.21 Å². The van der Waals surface area contributed by atoms with Crippen LogP contribution in [-0.4, -0.2) is 12.5 Å². The van der Waals surface area contributed by atoms with Gasteiger partial charge in [-0.25, -0.2) is 0 Å². The van der Waals surface area contributed by atoms with Crippen LogP contribution < -0.4 is 11.1 Å². The lowest BCUT2D eigenvalue weighted by atomic mass is 10.1. The maximum absolute atomic E-state index is 12.0. The molecule has 102 valence electrons. The SMILES string of the molecule is Cc1ccc(C(=O)Nc2cc(C#CCN)ccc2C)o1. The first-order chi connectivity index (χ1) is 9.60. The predicted octanol–water partition coefficient (Wildman–Crippen LogP) is 2.46. The molecule has 0 fully saturated rings. The fourth-order valence-electron chi connectivity index (χ4n) is 1.73. The van der Waals surface area contributed by atoms with Gasteiger partial charge < -0.3 is 15.5 Å². The van der Waals surface area contributed by atoms with Crippen LogP contribution in [0.2, 0.25) is 0 Å². The van der Waals surface area contributed by atoms with Crippen LogP contribution in [0.1, 0.15) is 27.4 Å². The highest BCUT2D eigenvalue weighted by Gasteiger charge is 2.11. The molecule has 1 aromatic heterocycles. The molecule has 3 N–H and O–H groups in total. The van der Waals surface area contributed by atoms with Crippen molar-refractivity contribution in [3.8, 4) is 11.8 Å². The topological polar surface area (TPSA) is 68.3 Å². The normalized spacial score (nSPS) is 9.75. The monoisotopic (exact) mass is 268 g/mol. The maximum atomic E-state index is 12.0. The second-order valence-corrected chi connectivity index (χ2v) is 4.40. The molecule has 0 unspecified atom stereocenters. The Hall–Kier alpha value is -2.51. The molecule has 1 amide bonds. The third-order valence-electron chi connectivity index (χ3n) is 2.78. The molecular weight excluding hydrogens is 252 g/mol. The third kappa shape index (κ3) is 3.28. The van der Waals surface area contributed by atoms with Gasteiger partial charge >= 0.3 is 0 Å². The minimum Gasteiger partial charge on any atom is -0.456 e. The predicted molar refractivity (Wildman–Crippen MR) is 78.5 cm³/mol. The van der Waals surface area contributed by atoms with E-state index in [-0.39, 0.29) is 5.91 Å². The summed E-state index contributed by atoms with van der Waals surface area (Å²) < 4.78 is 5.30. The van der Waals surface area contributed by atoms with Crippen molar-refractivity contribution in [3.05, 3.63) is 53.0 Å². The van der Waals surface area contributed by atoms with Crippen molar-refractivity contribution in [1.29, 1.82) is 0 Å². The molecule has 1 heterocycles. The Kier molecular flexibility index (Phi) is 4.24. The van der Waals surface area contributed by atoms with E-state index < -0.39 is 0 Å². The molecule has 0 aliphatic carbocycles. The summed E-state index contributed by atoms with van der Waals surface area (Å²) in [6, 6.07) is 9.03. The Labute approximate surface area is 118 Å². The summed E-state index contributed by atoms with van der Waals surface area (Å²) >= 11 is 0. The molecule has 0 saturated carbocycles. The molecule has 1 aromatic carbocycles. The lowest BCUT2D eigenvalue weighted by Crippen LogP contribution is -2.12. The Morgan fingerprint density at radius 1 is 1.30 bits per heavy atom. The molecule has 2 rings (SSSR count). The number of carbonyl (C=O) groups is 1. The van der Waals surface area contributed by atoms with Crippen LogP contribution in [0.4, 0.5) is 5.69 Å². The van der Waals surface area contributed by atoms with Crippen LogP contribution in [0.5, 0.6) is 0 Å². The van der Waals surface area contributed by atoms with Gasteiger partial charge in [0.25, 0.3) is 5.91 Å². The van der Waals surface area contributed by atoms with E-state index in [9.17, 15) is 4.79 Å². The fraction of sp³-hybridized carbons (Fsp3) is 0.188. The van der Waals surface area contributed by atoms with Crippen molar-refractivity contribution in [2.45, 2.75) is 13.8 Å². The summed E-state index contributed by atoms with van der Waals surface area (Å²) in [7, 11) is 0. The summed E-state index contributed by atoms with van der Waals surface area (Å²) in [5, 5.41) is 2.82. The minimum absolute atomic E-state index is 0.273. The summed E-state index contributed by atoms with van der Waals surface area (Å²) in [5.41, 5.74) is 7.83. The van der Waals surface area contributed by atoms with Gasteiger partial charge in [0.2, 0.25) is 0 Å². The number of hydrogen-bond acceptors (Lipinski definition) is 3. The van der Waals surface area contributed by atoms with E-state index in [0.717, 1.165) is 11.1 Å². The third-order valence-corrected chi connectivity index (χ3v) is 2.78. The van der Waals surface area contributed by atoms with E-state index >= 15 is 0 Å². The quantitative estimate of drug-likeness (QED) is 0.822.